The molecule has 3 N–H and O–H groups in total. The summed E-state index contributed by atoms with van der Waals surface area (Å²) in [7, 11) is 0. The summed E-state index contributed by atoms with van der Waals surface area (Å²) < 4.78 is 0.204. The van der Waals surface area contributed by atoms with Gasteiger partial charge >= 0.3 is 0 Å². The van der Waals surface area contributed by atoms with Crippen molar-refractivity contribution in [1.82, 2.24) is 20.5 Å². The van der Waals surface area contributed by atoms with E-state index < -0.39 is 28.8 Å². The fourth-order valence-electron chi connectivity index (χ4n) is 4.61. The molecule has 8 nitrogen and oxygen atoms in total. The number of aromatic nitrogens is 1. The molecule has 0 aliphatic carbocycles. The Kier molecular flexibility index (Phi) is 10.3. The highest BCUT2D eigenvalue weighted by Crippen LogP contribution is 2.40. The molecule has 4 rings (SSSR count). The molecule has 0 spiro atoms. The van der Waals surface area contributed by atoms with Gasteiger partial charge in [-0.2, -0.15) is 0 Å². The molecule has 1 fully saturated rings. The number of aliphatic hydroxyl groups is 1. The second-order valence-corrected chi connectivity index (χ2v) is 13.8. The Morgan fingerprint density at radius 3 is 2.58 bits per heavy atom. The lowest BCUT2D eigenvalue weighted by Crippen LogP contribution is -2.58. The molecular formula is C29H34N4O4S3. The van der Waals surface area contributed by atoms with Gasteiger partial charge in [-0.25, -0.2) is 4.98 Å². The average Bonchev–Trinajstić information content (AvgIpc) is 3.58. The normalized spacial score (nSPS) is 17.7. The van der Waals surface area contributed by atoms with Crippen LogP contribution in [0.25, 0.3) is 0 Å². The largest absolute Gasteiger partial charge is 0.381 e. The highest BCUT2D eigenvalue weighted by Gasteiger charge is 2.49. The Bertz CT molecular complexity index is 1300. The number of thiazole rings is 1. The van der Waals surface area contributed by atoms with Crippen molar-refractivity contribution in [3.8, 4) is 0 Å². The first-order valence-electron chi connectivity index (χ1n) is 13.0. The lowest BCUT2D eigenvalue weighted by atomic mass is 9.97. The van der Waals surface area contributed by atoms with Crippen molar-refractivity contribution in [3.05, 3.63) is 82.9 Å². The van der Waals surface area contributed by atoms with Gasteiger partial charge in [0.2, 0.25) is 11.8 Å². The molecule has 2 heterocycles. The molecule has 1 saturated heterocycles. The third-order valence-electron chi connectivity index (χ3n) is 6.81. The van der Waals surface area contributed by atoms with E-state index in [0.29, 0.717) is 6.54 Å². The molecule has 0 bridgehead atoms. The van der Waals surface area contributed by atoms with Gasteiger partial charge in [-0.05, 0) is 43.9 Å². The number of aliphatic hydroxyl groups excluding tert-OH is 1. The van der Waals surface area contributed by atoms with Crippen molar-refractivity contribution in [2.45, 2.75) is 61.0 Å². The van der Waals surface area contributed by atoms with Crippen LogP contribution in [0.1, 0.15) is 30.5 Å². The van der Waals surface area contributed by atoms with Crippen LogP contribution >= 0.6 is 34.9 Å². The van der Waals surface area contributed by atoms with E-state index in [9.17, 15) is 19.5 Å². The van der Waals surface area contributed by atoms with Gasteiger partial charge in [-0.15, -0.1) is 23.1 Å². The van der Waals surface area contributed by atoms with Crippen molar-refractivity contribution in [2.24, 2.45) is 0 Å². The maximum Gasteiger partial charge on any atom is 0.254 e. The van der Waals surface area contributed by atoms with Gasteiger partial charge in [0, 0.05) is 22.9 Å². The molecule has 11 heteroatoms. The first-order valence-corrected chi connectivity index (χ1v) is 15.8. The molecule has 3 unspecified atom stereocenters. The van der Waals surface area contributed by atoms with Crippen LogP contribution in [0.3, 0.4) is 0 Å². The summed E-state index contributed by atoms with van der Waals surface area (Å²) in [5, 5.41) is 19.0. The molecule has 212 valence electrons. The molecule has 3 amide bonds. The van der Waals surface area contributed by atoms with Crippen molar-refractivity contribution >= 4 is 52.6 Å². The zero-order valence-electron chi connectivity index (χ0n) is 22.7. The topological polar surface area (TPSA) is 112 Å². The zero-order chi connectivity index (χ0) is 28.7. The van der Waals surface area contributed by atoms with Gasteiger partial charge in [-0.1, -0.05) is 66.4 Å². The molecule has 3 atom stereocenters. The van der Waals surface area contributed by atoms with Crippen molar-refractivity contribution in [3.63, 3.8) is 0 Å². The summed E-state index contributed by atoms with van der Waals surface area (Å²) in [5.74, 6) is -0.796. The lowest BCUT2D eigenvalue weighted by molar-refractivity contribution is -0.147. The smallest absolute Gasteiger partial charge is 0.254 e. The molecule has 40 heavy (non-hydrogen) atoms. The summed E-state index contributed by atoms with van der Waals surface area (Å²) in [6, 6.07) is 15.6. The van der Waals surface area contributed by atoms with Crippen LogP contribution in [0.5, 0.6) is 0 Å². The number of amides is 3. The Morgan fingerprint density at radius 2 is 1.88 bits per heavy atom. The van der Waals surface area contributed by atoms with Crippen LogP contribution in [0, 0.1) is 6.92 Å². The summed E-state index contributed by atoms with van der Waals surface area (Å²) in [5.41, 5.74) is 2.94. The molecule has 1 aliphatic rings. The van der Waals surface area contributed by atoms with E-state index in [1.807, 2.05) is 80.7 Å². The van der Waals surface area contributed by atoms with Crippen molar-refractivity contribution < 1.29 is 19.5 Å². The maximum atomic E-state index is 13.8. The van der Waals surface area contributed by atoms with Gasteiger partial charge < -0.3 is 20.6 Å². The highest BCUT2D eigenvalue weighted by molar-refractivity contribution is 8.01. The molecule has 0 radical (unpaired) electrons. The van der Waals surface area contributed by atoms with Crippen LogP contribution in [-0.4, -0.2) is 67.3 Å². The quantitative estimate of drug-likeness (QED) is 0.289. The summed E-state index contributed by atoms with van der Waals surface area (Å²) >= 11 is 4.23. The average molecular weight is 599 g/mol. The fourth-order valence-corrected chi connectivity index (χ4v) is 7.20. The van der Waals surface area contributed by atoms with E-state index in [1.54, 1.807) is 6.20 Å². The number of carbonyl (C=O) groups is 3. The standard InChI is InChI=1S/C29H34N4O4S3/c1-19-9-7-8-12-21(19)16-31-26(36)25-29(2,3)40-18-33(25)27(37)24(35)22(15-20-10-5-4-6-11-20)32-23(34)17-39-28-30-13-14-38-28/h4-14,22,24-25,35H,15-18H2,1-3H3,(H,31,36)(H,32,34). The number of thioether (sulfide) groups is 2. The minimum absolute atomic E-state index is 0.107. The van der Waals surface area contributed by atoms with E-state index in [1.165, 1.54) is 39.8 Å². The van der Waals surface area contributed by atoms with Gasteiger partial charge in [0.05, 0.1) is 17.7 Å². The molecular weight excluding hydrogens is 565 g/mol. The number of nitrogens with one attached hydrogen (secondary N) is 2. The molecule has 1 aromatic heterocycles. The van der Waals surface area contributed by atoms with Crippen molar-refractivity contribution in [1.29, 1.82) is 0 Å². The minimum Gasteiger partial charge on any atom is -0.381 e. The van der Waals surface area contributed by atoms with Crippen LogP contribution < -0.4 is 10.6 Å². The molecule has 2 aromatic carbocycles. The van der Waals surface area contributed by atoms with Gasteiger partial charge in [0.15, 0.2) is 6.10 Å². The third-order valence-corrected chi connectivity index (χ3v) is 10.1. The number of aryl methyl sites for hydroxylation is 1. The highest BCUT2D eigenvalue weighted by atomic mass is 32.2. The van der Waals surface area contributed by atoms with E-state index in [2.05, 4.69) is 15.6 Å². The Hall–Kier alpha value is -2.86. The number of carbonyl (C=O) groups excluding carboxylic acids is 3. The third kappa shape index (κ3) is 7.66. The molecule has 1 aliphatic heterocycles. The van der Waals surface area contributed by atoms with Gasteiger partial charge in [-0.3, -0.25) is 14.4 Å². The number of hydrogen-bond acceptors (Lipinski definition) is 8. The predicted octanol–water partition coefficient (Wildman–Crippen LogP) is 3.63. The van der Waals surface area contributed by atoms with E-state index in [-0.39, 0.29) is 29.9 Å². The Balaban J connectivity index is 1.48. The summed E-state index contributed by atoms with van der Waals surface area (Å²) in [4.78, 5) is 45.7. The first kappa shape index (κ1) is 30.1. The summed E-state index contributed by atoms with van der Waals surface area (Å²) in [6.45, 7) is 6.18. The monoisotopic (exact) mass is 598 g/mol. The number of nitrogens with zero attached hydrogens (tertiary/aromatic N) is 2. The molecule has 0 saturated carbocycles. The van der Waals surface area contributed by atoms with Crippen LogP contribution in [0.2, 0.25) is 0 Å². The Labute approximate surface area is 247 Å². The number of rotatable bonds is 11. The van der Waals surface area contributed by atoms with E-state index in [0.717, 1.165) is 21.0 Å². The molecule has 3 aromatic rings. The van der Waals surface area contributed by atoms with Crippen molar-refractivity contribution in [2.75, 3.05) is 11.6 Å². The van der Waals surface area contributed by atoms with Crippen LogP contribution in [-0.2, 0) is 27.3 Å². The second-order valence-electron chi connectivity index (χ2n) is 10.1. The maximum absolute atomic E-state index is 13.8. The fraction of sp³-hybridized carbons (Fsp3) is 0.379. The predicted molar refractivity (Wildman–Crippen MR) is 161 cm³/mol. The summed E-state index contributed by atoms with van der Waals surface area (Å²) in [6.07, 6.45) is 0.403. The van der Waals surface area contributed by atoms with Crippen LogP contribution in [0.4, 0.5) is 0 Å². The number of hydrogen-bond donors (Lipinski definition) is 3. The lowest BCUT2D eigenvalue weighted by Gasteiger charge is -2.33. The van der Waals surface area contributed by atoms with E-state index in [4.69, 9.17) is 0 Å². The van der Waals surface area contributed by atoms with Crippen LogP contribution in [0.15, 0.2) is 70.5 Å². The zero-order valence-corrected chi connectivity index (χ0v) is 25.2. The minimum atomic E-state index is -1.53. The van der Waals surface area contributed by atoms with Gasteiger partial charge in [0.25, 0.3) is 5.91 Å². The first-order chi connectivity index (χ1) is 19.2. The Morgan fingerprint density at radius 1 is 1.15 bits per heavy atom. The second kappa shape index (κ2) is 13.7. The SMILES string of the molecule is Cc1ccccc1CNC(=O)C1N(C(=O)C(O)C(Cc2ccccc2)NC(=O)CSc2nccs2)CSC1(C)C. The number of benzene rings is 2. The van der Waals surface area contributed by atoms with Gasteiger partial charge in [0.1, 0.15) is 10.4 Å². The van der Waals surface area contributed by atoms with E-state index >= 15 is 0 Å².